The van der Waals surface area contributed by atoms with Crippen molar-refractivity contribution in [2.45, 2.75) is 56.7 Å². The molecule has 0 aromatic heterocycles. The van der Waals surface area contributed by atoms with Gasteiger partial charge in [-0.1, -0.05) is 134 Å². The number of nitrogens with one attached hydrogen (secondary N) is 3. The van der Waals surface area contributed by atoms with E-state index in [0.717, 1.165) is 45.1 Å². The zero-order valence-electron chi connectivity index (χ0n) is 26.5. The van der Waals surface area contributed by atoms with E-state index in [1.54, 1.807) is 0 Å². The number of hydrogen-bond donors (Lipinski definition) is 3. The standard InChI is InChI=1S/C43H43N3/c1-4-12-33(13-5-1)39-41(35-14-6-2-7-15-35)45-43(46-42(39)36-16-8-3-9-17-36)37-27-23-31(24-28-37)30-21-25-32(26-22-30)38-20-10-18-34-19-11-29-44-40(34)38/h1-8,11-14,16,19-23,25-28,31,35,41,43-46H,9-10,15,17-18,24,29H2. The van der Waals surface area contributed by atoms with Crippen molar-refractivity contribution in [3.05, 3.63) is 178 Å². The lowest BCUT2D eigenvalue weighted by molar-refractivity contribution is 0.396. The normalized spacial score (nSPS) is 27.0. The number of benzene rings is 2. The summed E-state index contributed by atoms with van der Waals surface area (Å²) in [6, 6.07) is 20.5. The monoisotopic (exact) mass is 601 g/mol. The molecule has 0 radical (unpaired) electrons. The number of allylic oxidation sites excluding steroid dienone is 13. The second kappa shape index (κ2) is 13.0. The highest BCUT2D eigenvalue weighted by Crippen LogP contribution is 2.39. The fourth-order valence-electron chi connectivity index (χ4n) is 7.84. The van der Waals surface area contributed by atoms with Crippen molar-refractivity contribution in [2.24, 2.45) is 5.92 Å². The lowest BCUT2D eigenvalue weighted by Gasteiger charge is -2.42. The van der Waals surface area contributed by atoms with Crippen molar-refractivity contribution >= 4 is 11.1 Å². The van der Waals surface area contributed by atoms with Crippen molar-refractivity contribution in [1.82, 2.24) is 16.0 Å². The van der Waals surface area contributed by atoms with E-state index >= 15 is 0 Å². The molecule has 3 nitrogen and oxygen atoms in total. The highest BCUT2D eigenvalue weighted by atomic mass is 15.2. The van der Waals surface area contributed by atoms with E-state index in [0.29, 0.717) is 11.8 Å². The molecule has 4 unspecified atom stereocenters. The molecule has 0 fully saturated rings. The van der Waals surface area contributed by atoms with Crippen LogP contribution in [0.4, 0.5) is 0 Å². The first-order valence-corrected chi connectivity index (χ1v) is 17.2. The van der Waals surface area contributed by atoms with Crippen LogP contribution in [0.25, 0.3) is 11.1 Å². The maximum Gasteiger partial charge on any atom is 0.103 e. The first-order valence-electron chi connectivity index (χ1n) is 17.2. The molecule has 0 bridgehead atoms. The smallest absolute Gasteiger partial charge is 0.103 e. The molecule has 0 saturated heterocycles. The first-order chi connectivity index (χ1) is 22.8. The quantitative estimate of drug-likeness (QED) is 0.309. The van der Waals surface area contributed by atoms with E-state index in [9.17, 15) is 0 Å². The topological polar surface area (TPSA) is 36.1 Å². The van der Waals surface area contributed by atoms with Gasteiger partial charge in [-0.2, -0.15) is 0 Å². The van der Waals surface area contributed by atoms with Crippen LogP contribution in [0, 0.1) is 5.92 Å². The van der Waals surface area contributed by atoms with Gasteiger partial charge in [0.05, 0.1) is 0 Å². The molecular formula is C43H43N3. The molecule has 46 heavy (non-hydrogen) atoms. The van der Waals surface area contributed by atoms with E-state index in [1.165, 1.54) is 55.9 Å². The van der Waals surface area contributed by atoms with Gasteiger partial charge in [0.1, 0.15) is 6.17 Å². The predicted molar refractivity (Wildman–Crippen MR) is 192 cm³/mol. The zero-order valence-corrected chi connectivity index (χ0v) is 26.5. The van der Waals surface area contributed by atoms with Crippen molar-refractivity contribution in [1.29, 1.82) is 0 Å². The highest BCUT2D eigenvalue weighted by Gasteiger charge is 2.35. The molecule has 3 heteroatoms. The average Bonchev–Trinajstić information content (AvgIpc) is 3.15. The minimum absolute atomic E-state index is 0.0518. The van der Waals surface area contributed by atoms with Crippen LogP contribution < -0.4 is 16.0 Å². The van der Waals surface area contributed by atoms with Crippen LogP contribution in [0.3, 0.4) is 0 Å². The van der Waals surface area contributed by atoms with E-state index in [2.05, 4.69) is 150 Å². The van der Waals surface area contributed by atoms with Gasteiger partial charge in [0, 0.05) is 47.0 Å². The first kappa shape index (κ1) is 28.8. The van der Waals surface area contributed by atoms with Crippen molar-refractivity contribution in [2.75, 3.05) is 6.54 Å². The Morgan fingerprint density at radius 2 is 1.61 bits per heavy atom. The van der Waals surface area contributed by atoms with Crippen LogP contribution in [-0.4, -0.2) is 18.8 Å². The largest absolute Gasteiger partial charge is 0.381 e. The molecule has 0 spiro atoms. The molecule has 2 heterocycles. The maximum atomic E-state index is 4.09. The van der Waals surface area contributed by atoms with Gasteiger partial charge >= 0.3 is 0 Å². The van der Waals surface area contributed by atoms with Gasteiger partial charge < -0.3 is 10.6 Å². The summed E-state index contributed by atoms with van der Waals surface area (Å²) < 4.78 is 0. The maximum absolute atomic E-state index is 4.09. The molecule has 4 aliphatic carbocycles. The van der Waals surface area contributed by atoms with Crippen LogP contribution in [0.1, 0.15) is 61.1 Å². The summed E-state index contributed by atoms with van der Waals surface area (Å²) in [5, 5.41) is 11.7. The van der Waals surface area contributed by atoms with Gasteiger partial charge in [0.2, 0.25) is 0 Å². The second-order valence-electron chi connectivity index (χ2n) is 13.1. The lowest BCUT2D eigenvalue weighted by atomic mass is 9.79. The molecule has 8 rings (SSSR count). The van der Waals surface area contributed by atoms with Crippen LogP contribution in [-0.2, 0) is 0 Å². The van der Waals surface area contributed by atoms with E-state index in [-0.39, 0.29) is 12.2 Å². The second-order valence-corrected chi connectivity index (χ2v) is 13.1. The Morgan fingerprint density at radius 3 is 2.39 bits per heavy atom. The molecule has 6 aliphatic rings. The molecule has 230 valence electrons. The molecule has 0 saturated carbocycles. The number of hydrogen-bond acceptors (Lipinski definition) is 3. The molecule has 4 atom stereocenters. The number of dihydropyridines is 1. The predicted octanol–water partition coefficient (Wildman–Crippen LogP) is 8.95. The van der Waals surface area contributed by atoms with Crippen LogP contribution in [0.2, 0.25) is 0 Å². The van der Waals surface area contributed by atoms with Crippen molar-refractivity contribution in [3.8, 4) is 0 Å². The fourth-order valence-corrected chi connectivity index (χ4v) is 7.84. The third kappa shape index (κ3) is 5.76. The van der Waals surface area contributed by atoms with Gasteiger partial charge in [-0.3, -0.25) is 5.32 Å². The Balaban J connectivity index is 1.05. The van der Waals surface area contributed by atoms with E-state index in [4.69, 9.17) is 0 Å². The molecule has 2 aliphatic heterocycles. The lowest BCUT2D eigenvalue weighted by Crippen LogP contribution is -2.55. The molecule has 0 amide bonds. The summed E-state index contributed by atoms with van der Waals surface area (Å²) in [4.78, 5) is 0. The van der Waals surface area contributed by atoms with Gasteiger partial charge in [-0.15, -0.1) is 0 Å². The molecule has 2 aromatic rings. The zero-order chi connectivity index (χ0) is 30.7. The van der Waals surface area contributed by atoms with Gasteiger partial charge in [0.25, 0.3) is 0 Å². The Kier molecular flexibility index (Phi) is 8.17. The summed E-state index contributed by atoms with van der Waals surface area (Å²) in [7, 11) is 0. The minimum Gasteiger partial charge on any atom is -0.381 e. The van der Waals surface area contributed by atoms with Crippen LogP contribution >= 0.6 is 0 Å². The van der Waals surface area contributed by atoms with Crippen LogP contribution in [0.15, 0.2) is 162 Å². The molecule has 3 N–H and O–H groups in total. The summed E-state index contributed by atoms with van der Waals surface area (Å²) in [6.45, 7) is 0.912. The summed E-state index contributed by atoms with van der Waals surface area (Å²) in [5.74, 6) is 0.778. The summed E-state index contributed by atoms with van der Waals surface area (Å²) in [6.07, 6.45) is 36.6. The van der Waals surface area contributed by atoms with E-state index in [1.807, 2.05) is 0 Å². The Morgan fingerprint density at radius 1 is 0.696 bits per heavy atom. The van der Waals surface area contributed by atoms with Crippen molar-refractivity contribution < 1.29 is 0 Å². The Bertz CT molecular complexity index is 1790. The van der Waals surface area contributed by atoms with Crippen molar-refractivity contribution in [3.63, 3.8) is 0 Å². The van der Waals surface area contributed by atoms with E-state index < -0.39 is 0 Å². The number of rotatable bonds is 6. The van der Waals surface area contributed by atoms with Gasteiger partial charge in [-0.05, 0) is 71.9 Å². The van der Waals surface area contributed by atoms with Gasteiger partial charge in [-0.25, -0.2) is 0 Å². The minimum atomic E-state index is 0.0518. The molecular weight excluding hydrogens is 558 g/mol. The molecule has 2 aromatic carbocycles. The fraction of sp³-hybridized carbons (Fsp3) is 0.256. The highest BCUT2D eigenvalue weighted by molar-refractivity contribution is 5.82. The third-order valence-electron chi connectivity index (χ3n) is 10.3. The van der Waals surface area contributed by atoms with Gasteiger partial charge in [0.15, 0.2) is 0 Å². The van der Waals surface area contributed by atoms with Crippen LogP contribution in [0.5, 0.6) is 0 Å². The SMILES string of the molecule is C1=CCCC(C2=C(c3ccccc3)C(C3C=CC=CC3)NC(C3=CCC(c4ccc(C5=CCCC6=C5NCC=C6)cc4)C=C3)N2)=C1. The summed E-state index contributed by atoms with van der Waals surface area (Å²) in [5.41, 5.74) is 13.5. The average molecular weight is 602 g/mol. The third-order valence-corrected chi connectivity index (χ3v) is 10.3. The Hall–Kier alpha value is -4.60. The summed E-state index contributed by atoms with van der Waals surface area (Å²) >= 11 is 0. The Labute approximate surface area is 274 Å².